The molecule has 0 atom stereocenters. The Hall–Kier alpha value is -2.94. The van der Waals surface area contributed by atoms with Crippen molar-refractivity contribution in [2.45, 2.75) is 4.90 Å². The first-order valence-electron chi connectivity index (χ1n) is 8.59. The maximum Gasteiger partial charge on any atom is 0.310 e. The minimum atomic E-state index is -4.09. The van der Waals surface area contributed by atoms with Crippen LogP contribution >= 0.6 is 23.2 Å². The number of nitrogens with one attached hydrogen (secondary N) is 1. The molecule has 3 aromatic carbocycles. The third-order valence-corrected chi connectivity index (χ3v) is 6.34. The van der Waals surface area contributed by atoms with Crippen LogP contribution in [0.2, 0.25) is 10.0 Å². The van der Waals surface area contributed by atoms with Gasteiger partial charge in [0.15, 0.2) is 5.58 Å². The zero-order valence-corrected chi connectivity index (χ0v) is 17.8. The fourth-order valence-corrected chi connectivity index (χ4v) is 4.64. The Labute approximate surface area is 182 Å². The van der Waals surface area contributed by atoms with Crippen LogP contribution in [0.3, 0.4) is 0 Å². The van der Waals surface area contributed by atoms with Crippen molar-refractivity contribution < 1.29 is 17.6 Å². The van der Waals surface area contributed by atoms with E-state index < -0.39 is 10.0 Å². The minimum absolute atomic E-state index is 0.0186. The number of nitrogen functional groups attached to an aromatic ring is 1. The number of fused-ring (bicyclic) bond motifs is 1. The summed E-state index contributed by atoms with van der Waals surface area (Å²) in [5.74, 6) is 0.528. The molecule has 0 unspecified atom stereocenters. The molecule has 0 aliphatic carbocycles. The van der Waals surface area contributed by atoms with E-state index >= 15 is 0 Å². The van der Waals surface area contributed by atoms with Crippen molar-refractivity contribution >= 4 is 56.0 Å². The van der Waals surface area contributed by atoms with Crippen LogP contribution < -0.4 is 15.2 Å². The first-order valence-corrected chi connectivity index (χ1v) is 10.8. The molecule has 1 aromatic heterocycles. The molecule has 0 aliphatic heterocycles. The Kier molecular flexibility index (Phi) is 5.23. The number of hydrogen-bond acceptors (Lipinski definition) is 6. The maximum absolute atomic E-state index is 12.8. The van der Waals surface area contributed by atoms with Crippen LogP contribution in [0.15, 0.2) is 63.9 Å². The van der Waals surface area contributed by atoms with Gasteiger partial charge in [-0.25, -0.2) is 13.1 Å². The van der Waals surface area contributed by atoms with Crippen molar-refractivity contribution in [3.8, 4) is 16.9 Å². The molecule has 4 aromatic rings. The first-order chi connectivity index (χ1) is 14.3. The summed E-state index contributed by atoms with van der Waals surface area (Å²) in [6, 6.07) is 14.5. The van der Waals surface area contributed by atoms with Gasteiger partial charge in [-0.15, -0.1) is 0 Å². The van der Waals surface area contributed by atoms with E-state index in [1.165, 1.54) is 25.3 Å². The lowest BCUT2D eigenvalue weighted by Gasteiger charge is -2.07. The van der Waals surface area contributed by atoms with Crippen molar-refractivity contribution in [3.05, 3.63) is 64.6 Å². The Morgan fingerprint density at radius 1 is 1.10 bits per heavy atom. The third-order valence-electron chi connectivity index (χ3n) is 4.30. The van der Waals surface area contributed by atoms with Gasteiger partial charge in [-0.05, 0) is 42.0 Å². The number of nitrogens with two attached hydrogens (primary N) is 1. The van der Waals surface area contributed by atoms with E-state index in [-0.39, 0.29) is 21.0 Å². The van der Waals surface area contributed by atoms with Crippen molar-refractivity contribution in [2.24, 2.45) is 0 Å². The molecule has 0 saturated heterocycles. The summed E-state index contributed by atoms with van der Waals surface area (Å²) >= 11 is 11.9. The van der Waals surface area contributed by atoms with E-state index in [4.69, 9.17) is 38.1 Å². The summed E-state index contributed by atoms with van der Waals surface area (Å²) in [5, 5.41) is 0.246. The first kappa shape index (κ1) is 20.3. The normalized spacial score (nSPS) is 11.6. The molecule has 30 heavy (non-hydrogen) atoms. The fourth-order valence-electron chi connectivity index (χ4n) is 2.94. The van der Waals surface area contributed by atoms with Crippen LogP contribution in [0, 0.1) is 0 Å². The average Bonchev–Trinajstić information content (AvgIpc) is 3.10. The van der Waals surface area contributed by atoms with Crippen molar-refractivity contribution in [1.82, 2.24) is 4.98 Å². The van der Waals surface area contributed by atoms with Gasteiger partial charge in [0.25, 0.3) is 10.0 Å². The minimum Gasteiger partial charge on any atom is -0.497 e. The monoisotopic (exact) mass is 463 g/mol. The standard InChI is InChI=1S/C20H15Cl2N3O4S/c1-28-14-9-15(11-3-2-4-13(23)7-11)19-17(10-14)24-20(29-19)25-30(26,27)18-8-12(21)5-6-16(18)22/h2-10H,23H2,1H3,(H,24,25). The lowest BCUT2D eigenvalue weighted by Crippen LogP contribution is -2.13. The second-order valence-electron chi connectivity index (χ2n) is 6.35. The number of anilines is 2. The molecule has 1 heterocycles. The Morgan fingerprint density at radius 3 is 2.63 bits per heavy atom. The highest BCUT2D eigenvalue weighted by Gasteiger charge is 2.22. The average molecular weight is 464 g/mol. The number of nitrogens with zero attached hydrogens (tertiary/aromatic N) is 1. The van der Waals surface area contributed by atoms with Gasteiger partial charge in [-0.3, -0.25) is 0 Å². The van der Waals surface area contributed by atoms with E-state index in [0.29, 0.717) is 28.1 Å². The fraction of sp³-hybridized carbons (Fsp3) is 0.0500. The summed E-state index contributed by atoms with van der Waals surface area (Å²) in [4.78, 5) is 4.06. The molecule has 0 spiro atoms. The lowest BCUT2D eigenvalue weighted by atomic mass is 10.0. The molecule has 7 nitrogen and oxygen atoms in total. The highest BCUT2D eigenvalue weighted by molar-refractivity contribution is 7.92. The summed E-state index contributed by atoms with van der Waals surface area (Å²) < 4.78 is 38.9. The van der Waals surface area contributed by atoms with E-state index in [2.05, 4.69) is 9.71 Å². The molecule has 0 radical (unpaired) electrons. The number of methoxy groups -OCH3 is 1. The van der Waals surface area contributed by atoms with E-state index in [9.17, 15) is 8.42 Å². The number of rotatable bonds is 5. The number of benzene rings is 3. The summed E-state index contributed by atoms with van der Waals surface area (Å²) in [7, 11) is -2.56. The van der Waals surface area contributed by atoms with Gasteiger partial charge in [0.05, 0.1) is 12.1 Å². The molecular formula is C20H15Cl2N3O4S. The van der Waals surface area contributed by atoms with Crippen LogP contribution in [0.4, 0.5) is 11.7 Å². The van der Waals surface area contributed by atoms with Gasteiger partial charge >= 0.3 is 6.01 Å². The van der Waals surface area contributed by atoms with Gasteiger partial charge in [-0.1, -0.05) is 35.3 Å². The Balaban J connectivity index is 1.82. The van der Waals surface area contributed by atoms with Crippen molar-refractivity contribution in [2.75, 3.05) is 17.6 Å². The van der Waals surface area contributed by atoms with Gasteiger partial charge < -0.3 is 14.9 Å². The Morgan fingerprint density at radius 2 is 1.90 bits per heavy atom. The number of hydrogen-bond donors (Lipinski definition) is 2. The van der Waals surface area contributed by atoms with Gasteiger partial charge in [0, 0.05) is 22.3 Å². The predicted octanol–water partition coefficient (Wildman–Crippen LogP) is 5.19. The summed E-state index contributed by atoms with van der Waals surface area (Å²) in [5.41, 5.74) is 8.66. The second-order valence-corrected chi connectivity index (χ2v) is 8.84. The molecule has 0 fully saturated rings. The van der Waals surface area contributed by atoms with E-state index in [1.54, 1.807) is 30.3 Å². The second kappa shape index (κ2) is 7.71. The molecule has 4 rings (SSSR count). The highest BCUT2D eigenvalue weighted by atomic mass is 35.5. The smallest absolute Gasteiger partial charge is 0.310 e. The zero-order valence-electron chi connectivity index (χ0n) is 15.5. The van der Waals surface area contributed by atoms with Crippen molar-refractivity contribution in [1.29, 1.82) is 0 Å². The quantitative estimate of drug-likeness (QED) is 0.394. The van der Waals surface area contributed by atoms with Gasteiger partial charge in [0.1, 0.15) is 16.2 Å². The number of ether oxygens (including phenoxy) is 1. The van der Waals surface area contributed by atoms with E-state index in [0.717, 1.165) is 5.56 Å². The van der Waals surface area contributed by atoms with E-state index in [1.807, 2.05) is 6.07 Å². The van der Waals surface area contributed by atoms with Crippen LogP contribution in [0.25, 0.3) is 22.2 Å². The topological polar surface area (TPSA) is 107 Å². The van der Waals surface area contributed by atoms with Crippen molar-refractivity contribution in [3.63, 3.8) is 0 Å². The molecule has 154 valence electrons. The molecule has 0 saturated carbocycles. The lowest BCUT2D eigenvalue weighted by molar-refractivity contribution is 0.415. The maximum atomic E-state index is 12.8. The molecule has 10 heteroatoms. The SMILES string of the molecule is COc1cc(-c2cccc(N)c2)c2oc(NS(=O)(=O)c3cc(Cl)ccc3Cl)nc2c1. The number of sulfonamides is 1. The molecule has 0 aliphatic rings. The van der Waals surface area contributed by atoms with Gasteiger partial charge in [0.2, 0.25) is 0 Å². The molecular weight excluding hydrogens is 449 g/mol. The third kappa shape index (κ3) is 3.89. The molecule has 0 bridgehead atoms. The summed E-state index contributed by atoms with van der Waals surface area (Å²) in [6.45, 7) is 0. The van der Waals surface area contributed by atoms with Gasteiger partial charge in [-0.2, -0.15) is 4.98 Å². The molecule has 3 N–H and O–H groups in total. The zero-order chi connectivity index (χ0) is 21.5. The number of halogens is 2. The predicted molar refractivity (Wildman–Crippen MR) is 118 cm³/mol. The molecule has 0 amide bonds. The largest absolute Gasteiger partial charge is 0.497 e. The van der Waals surface area contributed by atoms with Crippen LogP contribution in [0.5, 0.6) is 5.75 Å². The van der Waals surface area contributed by atoms with Crippen LogP contribution in [-0.4, -0.2) is 20.5 Å². The van der Waals surface area contributed by atoms with Crippen LogP contribution in [-0.2, 0) is 10.0 Å². The van der Waals surface area contributed by atoms with Crippen LogP contribution in [0.1, 0.15) is 0 Å². The number of aromatic nitrogens is 1. The highest BCUT2D eigenvalue weighted by Crippen LogP contribution is 2.36. The summed E-state index contributed by atoms with van der Waals surface area (Å²) in [6.07, 6.45) is 0. The Bertz CT molecular complexity index is 1370. The number of oxazole rings is 1.